The van der Waals surface area contributed by atoms with E-state index in [0.29, 0.717) is 0 Å². The Balaban J connectivity index is 2.65. The summed E-state index contributed by atoms with van der Waals surface area (Å²) in [5.41, 5.74) is 0.241. The van der Waals surface area contributed by atoms with E-state index in [-0.39, 0.29) is 23.6 Å². The quantitative estimate of drug-likeness (QED) is 0.542. The molecule has 0 radical (unpaired) electrons. The van der Waals surface area contributed by atoms with Crippen LogP contribution in [0.5, 0.6) is 0 Å². The minimum absolute atomic E-state index is 0.140. The number of nitrogens with zero attached hydrogens (tertiary/aromatic N) is 1. The van der Waals surface area contributed by atoms with Crippen molar-refractivity contribution in [3.05, 3.63) is 12.3 Å². The third-order valence-electron chi connectivity index (χ3n) is 1.40. The van der Waals surface area contributed by atoms with Crippen LogP contribution >= 0.6 is 0 Å². The number of rotatable bonds is 0. The Kier molecular flexibility index (Phi) is 1.89. The normalized spacial score (nSPS) is 19.2. The van der Waals surface area contributed by atoms with Gasteiger partial charge in [0.25, 0.3) is 0 Å². The molecule has 0 atom stereocenters. The number of alkyl halides is 3. The van der Waals surface area contributed by atoms with Crippen molar-refractivity contribution in [2.24, 2.45) is 0 Å². The lowest BCUT2D eigenvalue weighted by atomic mass is 10.2. The summed E-state index contributed by atoms with van der Waals surface area (Å²) >= 11 is 0. The summed E-state index contributed by atoms with van der Waals surface area (Å²) in [4.78, 5) is 0.269. The summed E-state index contributed by atoms with van der Waals surface area (Å²) in [6.07, 6.45) is -2.07. The van der Waals surface area contributed by atoms with Crippen molar-refractivity contribution in [1.82, 2.24) is 4.90 Å². The SMILES string of the molecule is N=C1C=CN(C(F)(F)F)CC1. The molecule has 2 nitrogen and oxygen atoms in total. The van der Waals surface area contributed by atoms with Crippen molar-refractivity contribution in [2.45, 2.75) is 12.7 Å². The number of nitrogens with one attached hydrogen (secondary N) is 1. The van der Waals surface area contributed by atoms with Crippen LogP contribution in [0, 0.1) is 5.41 Å². The summed E-state index contributed by atoms with van der Waals surface area (Å²) < 4.78 is 35.6. The van der Waals surface area contributed by atoms with Crippen LogP contribution in [0.1, 0.15) is 6.42 Å². The second kappa shape index (κ2) is 2.56. The largest absolute Gasteiger partial charge is 0.484 e. The highest BCUT2D eigenvalue weighted by atomic mass is 19.4. The van der Waals surface area contributed by atoms with Gasteiger partial charge in [0.05, 0.1) is 0 Å². The van der Waals surface area contributed by atoms with E-state index in [1.54, 1.807) is 0 Å². The van der Waals surface area contributed by atoms with Gasteiger partial charge in [-0.3, -0.25) is 4.90 Å². The van der Waals surface area contributed by atoms with Crippen molar-refractivity contribution in [2.75, 3.05) is 6.54 Å². The molecular weight excluding hydrogens is 157 g/mol. The molecule has 11 heavy (non-hydrogen) atoms. The van der Waals surface area contributed by atoms with E-state index in [1.165, 1.54) is 0 Å². The Morgan fingerprint density at radius 2 is 2.09 bits per heavy atom. The fraction of sp³-hybridized carbons (Fsp3) is 0.500. The molecule has 1 aliphatic heterocycles. The Morgan fingerprint density at radius 3 is 2.45 bits per heavy atom. The zero-order chi connectivity index (χ0) is 8.48. The summed E-state index contributed by atoms with van der Waals surface area (Å²) in [7, 11) is 0. The molecule has 0 bridgehead atoms. The minimum atomic E-state index is -4.29. The summed E-state index contributed by atoms with van der Waals surface area (Å²) in [6, 6.07) is 0. The van der Waals surface area contributed by atoms with Crippen molar-refractivity contribution < 1.29 is 13.2 Å². The molecule has 5 heteroatoms. The first kappa shape index (κ1) is 8.10. The predicted molar refractivity (Wildman–Crippen MR) is 34.2 cm³/mol. The maximum absolute atomic E-state index is 11.9. The van der Waals surface area contributed by atoms with Gasteiger partial charge in [-0.2, -0.15) is 13.2 Å². The van der Waals surface area contributed by atoms with E-state index in [1.807, 2.05) is 0 Å². The van der Waals surface area contributed by atoms with Crippen LogP contribution in [-0.4, -0.2) is 23.5 Å². The maximum atomic E-state index is 11.9. The van der Waals surface area contributed by atoms with E-state index in [0.717, 1.165) is 12.3 Å². The highest BCUT2D eigenvalue weighted by Crippen LogP contribution is 2.23. The van der Waals surface area contributed by atoms with Gasteiger partial charge in [0.2, 0.25) is 0 Å². The van der Waals surface area contributed by atoms with Gasteiger partial charge in [-0.1, -0.05) is 0 Å². The second-order valence-corrected chi connectivity index (χ2v) is 2.25. The van der Waals surface area contributed by atoms with Crippen LogP contribution in [0.15, 0.2) is 12.3 Å². The van der Waals surface area contributed by atoms with Gasteiger partial charge in [-0.15, -0.1) is 0 Å². The van der Waals surface area contributed by atoms with E-state index in [2.05, 4.69) is 0 Å². The number of allylic oxidation sites excluding steroid dienone is 1. The van der Waals surface area contributed by atoms with Crippen LogP contribution in [0.4, 0.5) is 13.2 Å². The first-order valence-electron chi connectivity index (χ1n) is 3.09. The third-order valence-corrected chi connectivity index (χ3v) is 1.40. The standard InChI is InChI=1S/C6H7F3N2/c7-6(8,9)11-3-1-5(10)2-4-11/h1,3,10H,2,4H2. The number of hydrogen-bond donors (Lipinski definition) is 1. The van der Waals surface area contributed by atoms with Crippen molar-refractivity contribution >= 4 is 5.71 Å². The Bertz CT molecular complexity index is 194. The zero-order valence-electron chi connectivity index (χ0n) is 5.65. The molecule has 0 aliphatic carbocycles. The topological polar surface area (TPSA) is 27.1 Å². The van der Waals surface area contributed by atoms with E-state index < -0.39 is 6.30 Å². The Labute approximate surface area is 61.8 Å². The molecule has 0 spiro atoms. The lowest BCUT2D eigenvalue weighted by Gasteiger charge is -2.25. The van der Waals surface area contributed by atoms with Gasteiger partial charge >= 0.3 is 6.30 Å². The van der Waals surface area contributed by atoms with E-state index >= 15 is 0 Å². The molecule has 1 aliphatic rings. The Hall–Kier alpha value is -1.00. The van der Waals surface area contributed by atoms with Crippen molar-refractivity contribution in [1.29, 1.82) is 5.41 Å². The monoisotopic (exact) mass is 164 g/mol. The molecule has 0 saturated heterocycles. The van der Waals surface area contributed by atoms with Gasteiger partial charge in [-0.25, -0.2) is 0 Å². The van der Waals surface area contributed by atoms with Gasteiger partial charge in [-0.05, 0) is 6.08 Å². The minimum Gasteiger partial charge on any atom is -0.305 e. The molecule has 1 rings (SSSR count). The van der Waals surface area contributed by atoms with Gasteiger partial charge in [0.1, 0.15) is 0 Å². The molecule has 0 aromatic carbocycles. The lowest BCUT2D eigenvalue weighted by Crippen LogP contribution is -2.36. The Morgan fingerprint density at radius 1 is 1.45 bits per heavy atom. The lowest BCUT2D eigenvalue weighted by molar-refractivity contribution is -0.227. The zero-order valence-corrected chi connectivity index (χ0v) is 5.65. The average Bonchev–Trinajstić information content (AvgIpc) is 1.86. The number of hydrogen-bond acceptors (Lipinski definition) is 2. The predicted octanol–water partition coefficient (Wildman–Crippen LogP) is 1.75. The molecule has 0 fully saturated rings. The fourth-order valence-corrected chi connectivity index (χ4v) is 0.790. The fourth-order valence-electron chi connectivity index (χ4n) is 0.790. The van der Waals surface area contributed by atoms with Crippen LogP contribution < -0.4 is 0 Å². The first-order chi connectivity index (χ1) is 5.00. The smallest absolute Gasteiger partial charge is 0.305 e. The molecule has 62 valence electrons. The van der Waals surface area contributed by atoms with Gasteiger partial charge < -0.3 is 5.41 Å². The van der Waals surface area contributed by atoms with E-state index in [4.69, 9.17) is 5.41 Å². The van der Waals surface area contributed by atoms with Crippen LogP contribution in [0.25, 0.3) is 0 Å². The summed E-state index contributed by atoms with van der Waals surface area (Å²) in [6.45, 7) is -0.140. The second-order valence-electron chi connectivity index (χ2n) is 2.25. The summed E-state index contributed by atoms with van der Waals surface area (Å²) in [5.74, 6) is 0. The molecule has 0 aromatic rings. The van der Waals surface area contributed by atoms with Crippen LogP contribution in [0.2, 0.25) is 0 Å². The van der Waals surface area contributed by atoms with Gasteiger partial charge in [0.15, 0.2) is 0 Å². The van der Waals surface area contributed by atoms with E-state index in [9.17, 15) is 13.2 Å². The third kappa shape index (κ3) is 1.96. The molecule has 0 aromatic heterocycles. The molecule has 0 amide bonds. The molecule has 0 unspecified atom stereocenters. The highest BCUT2D eigenvalue weighted by molar-refractivity contribution is 5.92. The molecular formula is C6H7F3N2. The molecule has 0 saturated carbocycles. The summed E-state index contributed by atoms with van der Waals surface area (Å²) in [5, 5.41) is 7.00. The highest BCUT2D eigenvalue weighted by Gasteiger charge is 2.35. The van der Waals surface area contributed by atoms with Gasteiger partial charge in [0, 0.05) is 24.9 Å². The number of halogens is 3. The van der Waals surface area contributed by atoms with Crippen molar-refractivity contribution in [3.8, 4) is 0 Å². The molecule has 1 heterocycles. The average molecular weight is 164 g/mol. The van der Waals surface area contributed by atoms with Crippen LogP contribution in [0.3, 0.4) is 0 Å². The van der Waals surface area contributed by atoms with Crippen LogP contribution in [-0.2, 0) is 0 Å². The maximum Gasteiger partial charge on any atom is 0.484 e. The van der Waals surface area contributed by atoms with Crippen molar-refractivity contribution in [3.63, 3.8) is 0 Å². The molecule has 1 N–H and O–H groups in total. The first-order valence-corrected chi connectivity index (χ1v) is 3.09.